The number of hydrogen-bond acceptors (Lipinski definition) is 3. The van der Waals surface area contributed by atoms with Gasteiger partial charge in [-0.05, 0) is 38.0 Å². The normalized spacial score (nSPS) is 25.4. The molecule has 2 saturated carbocycles. The van der Waals surface area contributed by atoms with Crippen molar-refractivity contribution < 1.29 is 14.6 Å². The Balaban J connectivity index is 1.82. The standard InChI is InChI=1S/C13H22O3/c1-2-11(14)9-12(15)16-13(7-8-13)10-5-3-4-6-10/h10-11,14H,2-9H2,1H3/t11-/m0/s1. The fourth-order valence-corrected chi connectivity index (χ4v) is 2.77. The third-order valence-corrected chi connectivity index (χ3v) is 4.03. The first kappa shape index (κ1) is 11.9. The highest BCUT2D eigenvalue weighted by Gasteiger charge is 2.53. The van der Waals surface area contributed by atoms with Crippen LogP contribution in [0.4, 0.5) is 0 Å². The van der Waals surface area contributed by atoms with Gasteiger partial charge < -0.3 is 9.84 Å². The van der Waals surface area contributed by atoms with Gasteiger partial charge in [-0.2, -0.15) is 0 Å². The van der Waals surface area contributed by atoms with Crippen LogP contribution in [0.2, 0.25) is 0 Å². The van der Waals surface area contributed by atoms with Crippen LogP contribution in [0.25, 0.3) is 0 Å². The second-order valence-corrected chi connectivity index (χ2v) is 5.29. The van der Waals surface area contributed by atoms with Crippen LogP contribution in [0.15, 0.2) is 0 Å². The zero-order chi connectivity index (χ0) is 11.6. The quantitative estimate of drug-likeness (QED) is 0.732. The van der Waals surface area contributed by atoms with Crippen molar-refractivity contribution in [2.75, 3.05) is 0 Å². The lowest BCUT2D eigenvalue weighted by molar-refractivity contribution is -0.156. The highest BCUT2D eigenvalue weighted by molar-refractivity contribution is 5.70. The molecule has 0 heterocycles. The molecule has 0 aromatic carbocycles. The molecule has 2 aliphatic rings. The minimum absolute atomic E-state index is 0.124. The van der Waals surface area contributed by atoms with Crippen LogP contribution in [0.5, 0.6) is 0 Å². The number of hydrogen-bond donors (Lipinski definition) is 1. The van der Waals surface area contributed by atoms with E-state index in [1.807, 2.05) is 6.92 Å². The molecular weight excluding hydrogens is 204 g/mol. The van der Waals surface area contributed by atoms with Crippen LogP contribution in [0.3, 0.4) is 0 Å². The Morgan fingerprint density at radius 2 is 2.06 bits per heavy atom. The number of aliphatic hydroxyl groups is 1. The van der Waals surface area contributed by atoms with E-state index in [2.05, 4.69) is 0 Å². The molecule has 2 fully saturated rings. The first-order valence-electron chi connectivity index (χ1n) is 6.56. The lowest BCUT2D eigenvalue weighted by Crippen LogP contribution is -2.29. The molecule has 0 aliphatic heterocycles. The first-order chi connectivity index (χ1) is 7.66. The number of carbonyl (C=O) groups excluding carboxylic acids is 1. The minimum Gasteiger partial charge on any atom is -0.459 e. The third-order valence-electron chi connectivity index (χ3n) is 4.03. The van der Waals surface area contributed by atoms with Crippen molar-refractivity contribution in [1.82, 2.24) is 0 Å². The molecule has 2 aliphatic carbocycles. The molecule has 3 nitrogen and oxygen atoms in total. The van der Waals surface area contributed by atoms with Crippen molar-refractivity contribution in [3.8, 4) is 0 Å². The number of carbonyl (C=O) groups is 1. The zero-order valence-electron chi connectivity index (χ0n) is 10.1. The molecule has 0 aromatic heterocycles. The molecule has 92 valence electrons. The molecule has 16 heavy (non-hydrogen) atoms. The van der Waals surface area contributed by atoms with Gasteiger partial charge in [-0.3, -0.25) is 4.79 Å². The van der Waals surface area contributed by atoms with E-state index in [0.29, 0.717) is 12.3 Å². The summed E-state index contributed by atoms with van der Waals surface area (Å²) < 4.78 is 5.61. The number of rotatable bonds is 5. The average Bonchev–Trinajstić information content (AvgIpc) is 2.83. The number of esters is 1. The Labute approximate surface area is 97.2 Å². The van der Waals surface area contributed by atoms with Crippen LogP contribution in [0.1, 0.15) is 58.3 Å². The monoisotopic (exact) mass is 226 g/mol. The summed E-state index contributed by atoms with van der Waals surface area (Å²) in [5, 5.41) is 9.41. The smallest absolute Gasteiger partial charge is 0.308 e. The van der Waals surface area contributed by atoms with Gasteiger partial charge in [0.15, 0.2) is 0 Å². The molecule has 0 bridgehead atoms. The summed E-state index contributed by atoms with van der Waals surface area (Å²) in [7, 11) is 0. The van der Waals surface area contributed by atoms with Crippen LogP contribution < -0.4 is 0 Å². The summed E-state index contributed by atoms with van der Waals surface area (Å²) in [6.07, 6.45) is 7.29. The fraction of sp³-hybridized carbons (Fsp3) is 0.923. The van der Waals surface area contributed by atoms with Gasteiger partial charge in [-0.15, -0.1) is 0 Å². The van der Waals surface area contributed by atoms with E-state index >= 15 is 0 Å². The van der Waals surface area contributed by atoms with E-state index in [-0.39, 0.29) is 18.0 Å². The minimum atomic E-state index is -0.535. The lowest BCUT2D eigenvalue weighted by atomic mass is 9.98. The molecule has 0 saturated heterocycles. The molecule has 0 aromatic rings. The predicted octanol–water partition coefficient (Wildman–Crippen LogP) is 2.41. The van der Waals surface area contributed by atoms with Crippen molar-refractivity contribution in [1.29, 1.82) is 0 Å². The van der Waals surface area contributed by atoms with Gasteiger partial charge in [-0.25, -0.2) is 0 Å². The second kappa shape index (κ2) is 4.74. The molecular formula is C13H22O3. The summed E-state index contributed by atoms with van der Waals surface area (Å²) in [6.45, 7) is 1.88. The maximum absolute atomic E-state index is 11.6. The molecule has 2 rings (SSSR count). The Morgan fingerprint density at radius 3 is 2.56 bits per heavy atom. The highest BCUT2D eigenvalue weighted by atomic mass is 16.6. The predicted molar refractivity (Wildman–Crippen MR) is 60.9 cm³/mol. The van der Waals surface area contributed by atoms with E-state index < -0.39 is 6.10 Å². The van der Waals surface area contributed by atoms with Crippen LogP contribution in [-0.2, 0) is 9.53 Å². The fourth-order valence-electron chi connectivity index (χ4n) is 2.77. The van der Waals surface area contributed by atoms with E-state index in [9.17, 15) is 9.90 Å². The molecule has 0 spiro atoms. The Hall–Kier alpha value is -0.570. The van der Waals surface area contributed by atoms with Gasteiger partial charge in [-0.1, -0.05) is 19.8 Å². The van der Waals surface area contributed by atoms with Gasteiger partial charge in [0.1, 0.15) is 5.60 Å². The van der Waals surface area contributed by atoms with Gasteiger partial charge >= 0.3 is 5.97 Å². The maximum atomic E-state index is 11.6. The first-order valence-corrected chi connectivity index (χ1v) is 6.56. The second-order valence-electron chi connectivity index (χ2n) is 5.29. The van der Waals surface area contributed by atoms with Crippen molar-refractivity contribution >= 4 is 5.97 Å². The van der Waals surface area contributed by atoms with Crippen LogP contribution in [-0.4, -0.2) is 22.8 Å². The van der Waals surface area contributed by atoms with Gasteiger partial charge in [0.25, 0.3) is 0 Å². The highest BCUT2D eigenvalue weighted by Crippen LogP contribution is 2.52. The largest absolute Gasteiger partial charge is 0.459 e. The Morgan fingerprint density at radius 1 is 1.44 bits per heavy atom. The van der Waals surface area contributed by atoms with Crippen LogP contribution in [0, 0.1) is 5.92 Å². The molecule has 0 amide bonds. The van der Waals surface area contributed by atoms with E-state index in [4.69, 9.17) is 4.74 Å². The van der Waals surface area contributed by atoms with Gasteiger partial charge in [0.2, 0.25) is 0 Å². The summed E-state index contributed by atoms with van der Waals surface area (Å²) in [6, 6.07) is 0. The van der Waals surface area contributed by atoms with E-state index in [0.717, 1.165) is 12.8 Å². The maximum Gasteiger partial charge on any atom is 0.308 e. The molecule has 1 N–H and O–H groups in total. The van der Waals surface area contributed by atoms with Gasteiger partial charge in [0, 0.05) is 0 Å². The zero-order valence-corrected chi connectivity index (χ0v) is 10.1. The van der Waals surface area contributed by atoms with Gasteiger partial charge in [0.05, 0.1) is 12.5 Å². The number of aliphatic hydroxyl groups excluding tert-OH is 1. The average molecular weight is 226 g/mol. The molecule has 1 atom stereocenters. The van der Waals surface area contributed by atoms with Crippen LogP contribution >= 0.6 is 0 Å². The summed E-state index contributed by atoms with van der Waals surface area (Å²) in [4.78, 5) is 11.6. The summed E-state index contributed by atoms with van der Waals surface area (Å²) >= 11 is 0. The van der Waals surface area contributed by atoms with E-state index in [1.54, 1.807) is 0 Å². The topological polar surface area (TPSA) is 46.5 Å². The Kier molecular flexibility index (Phi) is 3.53. The van der Waals surface area contributed by atoms with Crippen molar-refractivity contribution in [2.45, 2.75) is 70.0 Å². The van der Waals surface area contributed by atoms with E-state index in [1.165, 1.54) is 25.7 Å². The van der Waals surface area contributed by atoms with Crippen molar-refractivity contribution in [3.05, 3.63) is 0 Å². The number of ether oxygens (including phenoxy) is 1. The molecule has 3 heteroatoms. The molecule has 0 unspecified atom stereocenters. The Bertz CT molecular complexity index is 252. The molecule has 0 radical (unpaired) electrons. The SMILES string of the molecule is CC[C@H](O)CC(=O)OC1(C2CCCC2)CC1. The van der Waals surface area contributed by atoms with Crippen molar-refractivity contribution in [2.24, 2.45) is 5.92 Å². The summed E-state index contributed by atoms with van der Waals surface area (Å²) in [5.74, 6) is 0.383. The lowest BCUT2D eigenvalue weighted by Gasteiger charge is -2.23. The van der Waals surface area contributed by atoms with Crippen molar-refractivity contribution in [3.63, 3.8) is 0 Å². The third kappa shape index (κ3) is 2.57. The summed E-state index contributed by atoms with van der Waals surface area (Å²) in [5.41, 5.74) is -0.124.